The summed E-state index contributed by atoms with van der Waals surface area (Å²) in [6, 6.07) is 28.6. The second-order valence-electron chi connectivity index (χ2n) is 9.60. The van der Waals surface area contributed by atoms with Crippen molar-refractivity contribution >= 4 is 61.4 Å². The van der Waals surface area contributed by atoms with Crippen molar-refractivity contribution in [2.45, 2.75) is 0 Å². The maximum absolute atomic E-state index is 10.7. The quantitative estimate of drug-likeness (QED) is 0.0879. The molecule has 237 valence electrons. The van der Waals surface area contributed by atoms with Crippen molar-refractivity contribution in [1.29, 1.82) is 0 Å². The van der Waals surface area contributed by atoms with Crippen LogP contribution in [0.4, 0.5) is 39.8 Å². The number of fused-ring (bicyclic) bond motifs is 2. The number of phenolic OH excluding ortho intramolecular Hbond substituents is 3. The minimum absolute atomic E-state index is 0. The maximum Gasteiger partial charge on any atom is 0.273 e. The first kappa shape index (κ1) is 33.4. The minimum atomic E-state index is -0.614. The second-order valence-corrected chi connectivity index (χ2v) is 9.60. The van der Waals surface area contributed by atoms with Crippen molar-refractivity contribution in [2.75, 3.05) is 0 Å². The Hall–Kier alpha value is -6.45. The van der Waals surface area contributed by atoms with Gasteiger partial charge in [0.05, 0.1) is 27.7 Å². The molecule has 6 aromatic rings. The first-order chi connectivity index (χ1) is 22.1. The molecule has 0 amide bonds. The van der Waals surface area contributed by atoms with E-state index in [0.717, 1.165) is 28.3 Å². The van der Waals surface area contributed by atoms with Gasteiger partial charge in [0, 0.05) is 39.7 Å². The molecule has 0 fully saturated rings. The normalized spacial score (nSPS) is 10.9. The molecule has 0 atom stereocenters. The van der Waals surface area contributed by atoms with E-state index in [-0.39, 0.29) is 68.2 Å². The molecule has 6 rings (SSSR count). The van der Waals surface area contributed by atoms with Gasteiger partial charge in [0.2, 0.25) is 0 Å². The van der Waals surface area contributed by atoms with E-state index in [1.807, 2.05) is 48.5 Å². The number of hydrogen-bond donors (Lipinski definition) is 3. The maximum atomic E-state index is 10.7. The fraction of sp³-hybridized carbons (Fsp3) is 0. The molecule has 0 saturated carbocycles. The van der Waals surface area contributed by atoms with E-state index in [2.05, 4.69) is 20.5 Å². The van der Waals surface area contributed by atoms with Gasteiger partial charge in [-0.05, 0) is 29.0 Å². The largest absolute Gasteiger partial charge is 0.697 e. The smallest absolute Gasteiger partial charge is 0.273 e. The van der Waals surface area contributed by atoms with Crippen LogP contribution in [-0.2, 0) is 16.8 Å². The van der Waals surface area contributed by atoms with Gasteiger partial charge in [0.25, 0.3) is 11.4 Å². The predicted molar refractivity (Wildman–Crippen MR) is 171 cm³/mol. The topological polar surface area (TPSA) is 220 Å². The summed E-state index contributed by atoms with van der Waals surface area (Å²) in [5, 5.41) is 69.9. The average molecular weight is 676 g/mol. The van der Waals surface area contributed by atoms with E-state index in [1.165, 1.54) is 30.3 Å². The molecule has 4 N–H and O–H groups in total. The monoisotopic (exact) mass is 675 g/mol. The molecule has 0 heterocycles. The number of nitrogens with one attached hydrogen (secondary N) is 1. The summed E-state index contributed by atoms with van der Waals surface area (Å²) < 4.78 is 0. The molecule has 1 radical (unpaired) electrons. The average Bonchev–Trinajstić information content (AvgIpc) is 3.05. The van der Waals surface area contributed by atoms with Gasteiger partial charge in [0.1, 0.15) is 34.3 Å². The van der Waals surface area contributed by atoms with Gasteiger partial charge in [-0.15, -0.1) is 21.0 Å². The van der Waals surface area contributed by atoms with Crippen LogP contribution in [0.25, 0.3) is 27.3 Å². The van der Waals surface area contributed by atoms with Crippen LogP contribution in [0.2, 0.25) is 0 Å². The summed E-state index contributed by atoms with van der Waals surface area (Å²) in [6.07, 6.45) is 0. The van der Waals surface area contributed by atoms with Crippen molar-refractivity contribution < 1.29 is 41.9 Å². The number of nitro benzene ring substituents is 2. The summed E-state index contributed by atoms with van der Waals surface area (Å²) in [6.45, 7) is 0. The van der Waals surface area contributed by atoms with Crippen LogP contribution in [0.3, 0.4) is 0 Å². The summed E-state index contributed by atoms with van der Waals surface area (Å²) in [4.78, 5) is 20.1. The first-order valence-corrected chi connectivity index (χ1v) is 13.3. The number of nitro groups is 2. The summed E-state index contributed by atoms with van der Waals surface area (Å²) in [7, 11) is 0. The molecular formula is C32H22CoN7O7-. The van der Waals surface area contributed by atoms with Crippen LogP contribution in [0.15, 0.2) is 130 Å². The zero-order chi connectivity index (χ0) is 32.8. The fourth-order valence-corrected chi connectivity index (χ4v) is 4.34. The van der Waals surface area contributed by atoms with E-state index < -0.39 is 9.85 Å². The van der Waals surface area contributed by atoms with Gasteiger partial charge in [-0.3, -0.25) is 20.2 Å². The van der Waals surface area contributed by atoms with E-state index >= 15 is 0 Å². The Labute approximate surface area is 275 Å². The van der Waals surface area contributed by atoms with E-state index in [0.29, 0.717) is 11.1 Å². The van der Waals surface area contributed by atoms with Crippen LogP contribution in [0, 0.1) is 20.2 Å². The van der Waals surface area contributed by atoms with Gasteiger partial charge in [0.15, 0.2) is 0 Å². The molecular weight excluding hydrogens is 653 g/mol. The zero-order valence-electron chi connectivity index (χ0n) is 23.9. The van der Waals surface area contributed by atoms with Crippen LogP contribution >= 0.6 is 0 Å². The number of aromatic hydroxyl groups is 3. The molecule has 47 heavy (non-hydrogen) atoms. The summed E-state index contributed by atoms with van der Waals surface area (Å²) in [5.74, 6) is -0.744. The van der Waals surface area contributed by atoms with Gasteiger partial charge in [-0.1, -0.05) is 66.7 Å². The molecule has 14 nitrogen and oxygen atoms in total. The molecule has 0 aromatic heterocycles. The molecule has 0 spiro atoms. The number of hydrogen-bond acceptors (Lipinski definition) is 11. The summed E-state index contributed by atoms with van der Waals surface area (Å²) >= 11 is 0. The zero-order valence-corrected chi connectivity index (χ0v) is 24.9. The van der Waals surface area contributed by atoms with Gasteiger partial charge >= 0.3 is 0 Å². The van der Waals surface area contributed by atoms with Crippen LogP contribution in [-0.4, -0.2) is 25.2 Å². The third-order valence-electron chi connectivity index (χ3n) is 6.63. The molecule has 0 aliphatic rings. The van der Waals surface area contributed by atoms with Gasteiger partial charge < -0.3 is 21.1 Å². The molecule has 6 aromatic carbocycles. The Balaban J connectivity index is 0.000000208. The third kappa shape index (κ3) is 7.62. The van der Waals surface area contributed by atoms with E-state index in [1.54, 1.807) is 18.2 Å². The molecule has 0 saturated heterocycles. The minimum Gasteiger partial charge on any atom is -0.697 e. The Kier molecular flexibility index (Phi) is 10.4. The van der Waals surface area contributed by atoms with E-state index in [9.17, 15) is 35.5 Å². The molecule has 0 bridgehead atoms. The number of non-ortho nitro benzene ring substituents is 2. The Morgan fingerprint density at radius 1 is 0.532 bits per heavy atom. The van der Waals surface area contributed by atoms with Crippen LogP contribution < -0.4 is 0 Å². The molecule has 0 unspecified atom stereocenters. The number of rotatable bonds is 6. The van der Waals surface area contributed by atoms with Gasteiger partial charge in [-0.25, -0.2) is 0 Å². The molecule has 15 heteroatoms. The molecule has 0 aliphatic carbocycles. The van der Waals surface area contributed by atoms with Crippen LogP contribution in [0.1, 0.15) is 0 Å². The second kappa shape index (κ2) is 14.6. The SMILES string of the molecule is O=[N+]([O-])c1ccc(N=Nc2c(O)ccc3ccccc23)c(O)c1.[Co].[NH-]c1ccc2ccccc2c1N=Nc1ccc([N+](=O)[O-])cc1O. The third-order valence-corrected chi connectivity index (χ3v) is 6.63. The Morgan fingerprint density at radius 2 is 0.979 bits per heavy atom. The fourth-order valence-electron chi connectivity index (χ4n) is 4.34. The van der Waals surface area contributed by atoms with Crippen molar-refractivity contribution in [3.63, 3.8) is 0 Å². The van der Waals surface area contributed by atoms with Crippen molar-refractivity contribution in [3.8, 4) is 17.2 Å². The van der Waals surface area contributed by atoms with E-state index in [4.69, 9.17) is 5.73 Å². The number of azo groups is 2. The van der Waals surface area contributed by atoms with Crippen molar-refractivity contribution in [2.24, 2.45) is 20.5 Å². The van der Waals surface area contributed by atoms with Crippen molar-refractivity contribution in [3.05, 3.63) is 135 Å². The van der Waals surface area contributed by atoms with Gasteiger partial charge in [-0.2, -0.15) is 5.11 Å². The Morgan fingerprint density at radius 3 is 1.47 bits per heavy atom. The standard InChI is InChI=1S/C16H11N4O3.C16H11N3O4.Co/c17-13-7-5-10-3-1-2-4-12(10)16(13)19-18-14-8-6-11(20(22)23)9-15(14)21;20-14-8-5-10-3-1-2-4-12(10)16(14)18-17-13-7-6-11(19(22)23)9-15(13)21;/h1-9H,(H2-,17,18,19,21);1-9,20-21H;/q-1;;. The first-order valence-electron chi connectivity index (χ1n) is 13.3. The number of phenols is 3. The van der Waals surface area contributed by atoms with Crippen molar-refractivity contribution in [1.82, 2.24) is 0 Å². The Bertz CT molecular complexity index is 2040. The number of benzene rings is 6. The summed E-state index contributed by atoms with van der Waals surface area (Å²) in [5.41, 5.74) is 8.50. The van der Waals surface area contributed by atoms with Crippen LogP contribution in [0.5, 0.6) is 17.2 Å². The predicted octanol–water partition coefficient (Wildman–Crippen LogP) is 10.1. The number of nitrogens with zero attached hydrogens (tertiary/aromatic N) is 6. The molecule has 0 aliphatic heterocycles.